The molecule has 18 heavy (non-hydrogen) atoms. The van der Waals surface area contributed by atoms with Crippen molar-refractivity contribution in [2.75, 3.05) is 11.9 Å². The van der Waals surface area contributed by atoms with E-state index >= 15 is 0 Å². The predicted octanol–water partition coefficient (Wildman–Crippen LogP) is 1.14. The van der Waals surface area contributed by atoms with Crippen molar-refractivity contribution in [3.05, 3.63) is 21.6 Å². The minimum atomic E-state index is -0.453. The van der Waals surface area contributed by atoms with Crippen molar-refractivity contribution in [2.24, 2.45) is 0 Å². The van der Waals surface area contributed by atoms with Gasteiger partial charge in [-0.05, 0) is 13.3 Å². The summed E-state index contributed by atoms with van der Waals surface area (Å²) in [5, 5.41) is 11.6. The molecule has 7 heteroatoms. The number of anilines is 1. The number of carbonyl (C=O) groups excluding carboxylic acids is 1. The summed E-state index contributed by atoms with van der Waals surface area (Å²) in [5.74, 6) is -0.0363. The topological polar surface area (TPSA) is 86.9 Å². The van der Waals surface area contributed by atoms with E-state index in [0.29, 0.717) is 18.7 Å². The summed E-state index contributed by atoms with van der Waals surface area (Å²) in [6, 6.07) is 0.169. The molecule has 1 heterocycles. The van der Waals surface area contributed by atoms with Crippen LogP contribution in [-0.2, 0) is 4.79 Å². The first kappa shape index (κ1) is 14.5. The third-order valence-corrected chi connectivity index (χ3v) is 2.86. The molecule has 0 fully saturated rings. The second-order valence-corrected chi connectivity index (χ2v) is 4.36. The number of rotatable bonds is 6. The lowest BCUT2D eigenvalue weighted by Gasteiger charge is -2.12. The fraction of sp³-hybridized carbons (Fsp3) is 0.545. The SMILES string of the molecule is CCC(C)NC(=O)CCNc1cn[nH]c(=O)c1Cl. The number of H-pyrrole nitrogens is 1. The van der Waals surface area contributed by atoms with Crippen LogP contribution in [0.5, 0.6) is 0 Å². The lowest BCUT2D eigenvalue weighted by molar-refractivity contribution is -0.121. The highest BCUT2D eigenvalue weighted by molar-refractivity contribution is 6.32. The Morgan fingerprint density at radius 2 is 2.33 bits per heavy atom. The van der Waals surface area contributed by atoms with Crippen LogP contribution in [0.3, 0.4) is 0 Å². The molecule has 1 unspecified atom stereocenters. The van der Waals surface area contributed by atoms with Crippen LogP contribution in [0, 0.1) is 0 Å². The zero-order valence-electron chi connectivity index (χ0n) is 10.4. The molecule has 0 bridgehead atoms. The largest absolute Gasteiger partial charge is 0.382 e. The molecule has 0 saturated heterocycles. The van der Waals surface area contributed by atoms with Gasteiger partial charge in [-0.2, -0.15) is 5.10 Å². The van der Waals surface area contributed by atoms with Gasteiger partial charge in [0.05, 0.1) is 11.9 Å². The monoisotopic (exact) mass is 272 g/mol. The first-order valence-corrected chi connectivity index (χ1v) is 6.18. The Morgan fingerprint density at radius 3 is 3.00 bits per heavy atom. The van der Waals surface area contributed by atoms with Crippen LogP contribution in [0.25, 0.3) is 0 Å². The van der Waals surface area contributed by atoms with Gasteiger partial charge < -0.3 is 10.6 Å². The van der Waals surface area contributed by atoms with E-state index in [1.807, 2.05) is 13.8 Å². The van der Waals surface area contributed by atoms with E-state index < -0.39 is 5.56 Å². The fourth-order valence-electron chi connectivity index (χ4n) is 1.27. The molecule has 6 nitrogen and oxygen atoms in total. The Hall–Kier alpha value is -1.56. The summed E-state index contributed by atoms with van der Waals surface area (Å²) < 4.78 is 0. The van der Waals surface area contributed by atoms with Gasteiger partial charge in [0.1, 0.15) is 5.02 Å². The van der Waals surface area contributed by atoms with Crippen LogP contribution in [0.2, 0.25) is 5.02 Å². The Kier molecular flexibility index (Phi) is 5.64. The van der Waals surface area contributed by atoms with Gasteiger partial charge in [0.25, 0.3) is 5.56 Å². The zero-order valence-corrected chi connectivity index (χ0v) is 11.2. The lowest BCUT2D eigenvalue weighted by Crippen LogP contribution is -2.33. The zero-order chi connectivity index (χ0) is 13.5. The highest BCUT2D eigenvalue weighted by Gasteiger charge is 2.07. The van der Waals surface area contributed by atoms with E-state index in [9.17, 15) is 9.59 Å². The third-order valence-electron chi connectivity index (χ3n) is 2.48. The van der Waals surface area contributed by atoms with Gasteiger partial charge in [0.15, 0.2) is 0 Å². The maximum atomic E-state index is 11.5. The number of nitrogens with one attached hydrogen (secondary N) is 3. The molecular weight excluding hydrogens is 256 g/mol. The summed E-state index contributed by atoms with van der Waals surface area (Å²) in [5.41, 5.74) is -0.0255. The highest BCUT2D eigenvalue weighted by atomic mass is 35.5. The summed E-state index contributed by atoms with van der Waals surface area (Å²) >= 11 is 5.77. The van der Waals surface area contributed by atoms with Crippen LogP contribution >= 0.6 is 11.6 Å². The second-order valence-electron chi connectivity index (χ2n) is 3.98. The van der Waals surface area contributed by atoms with Gasteiger partial charge >= 0.3 is 0 Å². The van der Waals surface area contributed by atoms with Gasteiger partial charge in [-0.1, -0.05) is 18.5 Å². The molecular formula is C11H17ClN4O2. The fourth-order valence-corrected chi connectivity index (χ4v) is 1.42. The minimum absolute atomic E-state index is 0.0363. The quantitative estimate of drug-likeness (QED) is 0.725. The van der Waals surface area contributed by atoms with Crippen LogP contribution < -0.4 is 16.2 Å². The molecule has 1 rings (SSSR count). The molecule has 100 valence electrons. The number of carbonyl (C=O) groups is 1. The van der Waals surface area contributed by atoms with E-state index in [-0.39, 0.29) is 17.0 Å². The number of aromatic nitrogens is 2. The molecule has 0 aliphatic carbocycles. The first-order chi connectivity index (χ1) is 8.54. The molecule has 3 N–H and O–H groups in total. The Labute approximate surface area is 110 Å². The maximum absolute atomic E-state index is 11.5. The molecule has 1 aromatic rings. The van der Waals surface area contributed by atoms with Crippen molar-refractivity contribution in [3.63, 3.8) is 0 Å². The number of halogens is 1. The first-order valence-electron chi connectivity index (χ1n) is 5.81. The maximum Gasteiger partial charge on any atom is 0.285 e. The second kappa shape index (κ2) is 7.00. The van der Waals surface area contributed by atoms with Crippen molar-refractivity contribution in [1.29, 1.82) is 0 Å². The number of hydrogen-bond donors (Lipinski definition) is 3. The van der Waals surface area contributed by atoms with Gasteiger partial charge in [0.2, 0.25) is 5.91 Å². The van der Waals surface area contributed by atoms with Gasteiger partial charge in [-0.25, -0.2) is 5.10 Å². The summed E-state index contributed by atoms with van der Waals surface area (Å²) in [7, 11) is 0. The van der Waals surface area contributed by atoms with Crippen LogP contribution in [0.4, 0.5) is 5.69 Å². The molecule has 0 aliphatic heterocycles. The van der Waals surface area contributed by atoms with Crippen molar-refractivity contribution in [3.8, 4) is 0 Å². The van der Waals surface area contributed by atoms with Gasteiger partial charge in [-0.15, -0.1) is 0 Å². The Balaban J connectivity index is 2.40. The summed E-state index contributed by atoms with van der Waals surface area (Å²) in [6.07, 6.45) is 2.62. The molecule has 1 amide bonds. The molecule has 0 aliphatic rings. The Morgan fingerprint density at radius 1 is 1.61 bits per heavy atom. The summed E-state index contributed by atoms with van der Waals surface area (Å²) in [4.78, 5) is 22.6. The number of amides is 1. The van der Waals surface area contributed by atoms with Crippen LogP contribution in [0.15, 0.2) is 11.0 Å². The van der Waals surface area contributed by atoms with E-state index in [4.69, 9.17) is 11.6 Å². The third kappa shape index (κ3) is 4.37. The molecule has 0 saturated carbocycles. The normalized spacial score (nSPS) is 11.9. The Bertz CT molecular complexity index is 461. The minimum Gasteiger partial charge on any atom is -0.382 e. The van der Waals surface area contributed by atoms with Crippen molar-refractivity contribution < 1.29 is 4.79 Å². The average molecular weight is 273 g/mol. The van der Waals surface area contributed by atoms with Gasteiger partial charge in [-0.3, -0.25) is 9.59 Å². The molecule has 0 radical (unpaired) electrons. The van der Waals surface area contributed by atoms with Crippen molar-refractivity contribution in [2.45, 2.75) is 32.7 Å². The predicted molar refractivity (Wildman–Crippen MR) is 70.9 cm³/mol. The molecule has 0 spiro atoms. The average Bonchev–Trinajstić information content (AvgIpc) is 2.34. The van der Waals surface area contributed by atoms with Crippen LogP contribution in [-0.4, -0.2) is 28.7 Å². The van der Waals surface area contributed by atoms with Crippen LogP contribution in [0.1, 0.15) is 26.7 Å². The van der Waals surface area contributed by atoms with E-state index in [1.165, 1.54) is 6.20 Å². The lowest BCUT2D eigenvalue weighted by atomic mass is 10.2. The number of nitrogens with zero attached hydrogens (tertiary/aromatic N) is 1. The van der Waals surface area contributed by atoms with E-state index in [1.54, 1.807) is 0 Å². The number of aromatic amines is 1. The van der Waals surface area contributed by atoms with E-state index in [2.05, 4.69) is 20.8 Å². The van der Waals surface area contributed by atoms with E-state index in [0.717, 1.165) is 6.42 Å². The number of hydrogen-bond acceptors (Lipinski definition) is 4. The van der Waals surface area contributed by atoms with Crippen molar-refractivity contribution >= 4 is 23.2 Å². The van der Waals surface area contributed by atoms with Gasteiger partial charge in [0, 0.05) is 19.0 Å². The smallest absolute Gasteiger partial charge is 0.285 e. The molecule has 1 aromatic heterocycles. The standard InChI is InChI=1S/C11H17ClN4O2/c1-3-7(2)15-9(17)4-5-13-8-6-14-16-11(18)10(8)12/h6-7H,3-5H2,1-2H3,(H,15,17)(H2,13,16,18). The highest BCUT2D eigenvalue weighted by Crippen LogP contribution is 2.13. The molecule has 0 aromatic carbocycles. The van der Waals surface area contributed by atoms with Crippen molar-refractivity contribution in [1.82, 2.24) is 15.5 Å². The molecule has 1 atom stereocenters. The summed E-state index contributed by atoms with van der Waals surface area (Å²) in [6.45, 7) is 4.35.